The van der Waals surface area contributed by atoms with Crippen molar-refractivity contribution in [2.75, 3.05) is 6.54 Å². The number of rotatable bonds is 7. The number of carboxylic acids is 1. The lowest BCUT2D eigenvalue weighted by Gasteiger charge is -2.08. The highest BCUT2D eigenvalue weighted by Crippen LogP contribution is 2.09. The Morgan fingerprint density at radius 1 is 1.50 bits per heavy atom. The van der Waals surface area contributed by atoms with Gasteiger partial charge in [0.2, 0.25) is 5.91 Å². The molecule has 0 saturated heterocycles. The minimum atomic E-state index is -0.867. The maximum absolute atomic E-state index is 11.5. The van der Waals surface area contributed by atoms with Crippen LogP contribution in [0.3, 0.4) is 0 Å². The lowest BCUT2D eigenvalue weighted by molar-refractivity contribution is -0.138. The van der Waals surface area contributed by atoms with Crippen LogP contribution in [0.2, 0.25) is 0 Å². The number of hydrogen-bond donors (Lipinski definition) is 2. The van der Waals surface area contributed by atoms with Gasteiger partial charge in [-0.3, -0.25) is 9.59 Å². The molecule has 1 heterocycles. The summed E-state index contributed by atoms with van der Waals surface area (Å²) in [6.45, 7) is 4.25. The predicted octanol–water partition coefficient (Wildman–Crippen LogP) is 1.61. The largest absolute Gasteiger partial charge is 0.481 e. The maximum Gasteiger partial charge on any atom is 0.303 e. The first-order valence-electron chi connectivity index (χ1n) is 5.87. The number of carbonyl (C=O) groups is 2. The van der Waals surface area contributed by atoms with E-state index < -0.39 is 5.97 Å². The number of aromatic nitrogens is 1. The summed E-state index contributed by atoms with van der Waals surface area (Å²) in [7, 11) is 0. The van der Waals surface area contributed by atoms with E-state index in [-0.39, 0.29) is 24.7 Å². The highest BCUT2D eigenvalue weighted by atomic mass is 32.1. The number of amides is 1. The van der Waals surface area contributed by atoms with Crippen molar-refractivity contribution in [1.82, 2.24) is 10.3 Å². The van der Waals surface area contributed by atoms with E-state index in [1.54, 1.807) is 18.3 Å². The molecule has 5 nitrogen and oxygen atoms in total. The second kappa shape index (κ2) is 7.10. The zero-order chi connectivity index (χ0) is 13.5. The molecule has 0 bridgehead atoms. The van der Waals surface area contributed by atoms with Crippen molar-refractivity contribution in [2.24, 2.45) is 5.92 Å². The van der Waals surface area contributed by atoms with Gasteiger partial charge in [0.15, 0.2) is 0 Å². The van der Waals surface area contributed by atoms with Crippen LogP contribution in [0.25, 0.3) is 0 Å². The van der Waals surface area contributed by atoms with Crippen molar-refractivity contribution in [3.8, 4) is 0 Å². The third-order valence-electron chi connectivity index (χ3n) is 2.43. The van der Waals surface area contributed by atoms with Crippen LogP contribution in [0.1, 0.15) is 30.5 Å². The molecule has 1 aromatic rings. The Morgan fingerprint density at radius 3 is 2.78 bits per heavy atom. The molecule has 0 saturated carbocycles. The van der Waals surface area contributed by atoms with Gasteiger partial charge in [-0.25, -0.2) is 4.98 Å². The predicted molar refractivity (Wildman–Crippen MR) is 69.6 cm³/mol. The number of carbonyl (C=O) groups excluding carboxylic acids is 1. The van der Waals surface area contributed by atoms with Gasteiger partial charge in [-0.1, -0.05) is 6.92 Å². The second-order valence-corrected chi connectivity index (χ2v) is 5.43. The molecule has 0 fully saturated rings. The molecule has 1 rings (SSSR count). The van der Waals surface area contributed by atoms with Gasteiger partial charge in [0.25, 0.3) is 0 Å². The van der Waals surface area contributed by atoms with Crippen molar-refractivity contribution in [1.29, 1.82) is 0 Å². The van der Waals surface area contributed by atoms with Crippen LogP contribution >= 0.6 is 11.3 Å². The standard InChI is InChI=1S/C12H18N2O3S/c1-8(6-12(16)17)5-11(15)13-4-3-10-7-18-9(2)14-10/h7-8H,3-6H2,1-2H3,(H,13,15)(H,16,17). The molecule has 1 amide bonds. The molecule has 100 valence electrons. The lowest BCUT2D eigenvalue weighted by atomic mass is 10.0. The van der Waals surface area contributed by atoms with E-state index in [0.717, 1.165) is 10.7 Å². The molecule has 1 aromatic heterocycles. The smallest absolute Gasteiger partial charge is 0.303 e. The Balaban J connectivity index is 2.19. The van der Waals surface area contributed by atoms with Crippen molar-refractivity contribution in [3.63, 3.8) is 0 Å². The molecule has 1 unspecified atom stereocenters. The van der Waals surface area contributed by atoms with Crippen molar-refractivity contribution in [3.05, 3.63) is 16.1 Å². The molecule has 0 radical (unpaired) electrons. The molecule has 0 aliphatic rings. The number of aliphatic carboxylic acids is 1. The summed E-state index contributed by atoms with van der Waals surface area (Å²) in [6.07, 6.45) is 0.991. The van der Waals surface area contributed by atoms with E-state index in [2.05, 4.69) is 10.3 Å². The van der Waals surface area contributed by atoms with Gasteiger partial charge in [-0.2, -0.15) is 0 Å². The van der Waals surface area contributed by atoms with Gasteiger partial charge in [0, 0.05) is 31.2 Å². The normalized spacial score (nSPS) is 12.1. The first-order chi connectivity index (χ1) is 8.47. The monoisotopic (exact) mass is 270 g/mol. The molecule has 0 spiro atoms. The maximum atomic E-state index is 11.5. The molecule has 6 heteroatoms. The zero-order valence-corrected chi connectivity index (χ0v) is 11.4. The Labute approximate surface area is 110 Å². The van der Waals surface area contributed by atoms with Crippen LogP contribution < -0.4 is 5.32 Å². The molecule has 1 atom stereocenters. The second-order valence-electron chi connectivity index (χ2n) is 4.36. The third kappa shape index (κ3) is 5.77. The van der Waals surface area contributed by atoms with Crippen LogP contribution in [0.5, 0.6) is 0 Å². The Bertz CT molecular complexity index is 417. The first-order valence-corrected chi connectivity index (χ1v) is 6.75. The number of hydrogen-bond acceptors (Lipinski definition) is 4. The van der Waals surface area contributed by atoms with Gasteiger partial charge in [-0.05, 0) is 12.8 Å². The summed E-state index contributed by atoms with van der Waals surface area (Å²) < 4.78 is 0. The Hall–Kier alpha value is -1.43. The van der Waals surface area contributed by atoms with Crippen LogP contribution in [0.4, 0.5) is 0 Å². The number of nitrogens with zero attached hydrogens (tertiary/aromatic N) is 1. The highest BCUT2D eigenvalue weighted by Gasteiger charge is 2.12. The summed E-state index contributed by atoms with van der Waals surface area (Å²) in [6, 6.07) is 0. The number of carboxylic acid groups (broad SMARTS) is 1. The fourth-order valence-electron chi connectivity index (χ4n) is 1.61. The minimum absolute atomic E-state index is 0.0265. The molecule has 0 aromatic carbocycles. The summed E-state index contributed by atoms with van der Waals surface area (Å²) in [5.41, 5.74) is 0.983. The Morgan fingerprint density at radius 2 is 2.22 bits per heavy atom. The number of aryl methyl sites for hydroxylation is 1. The van der Waals surface area contributed by atoms with Crippen LogP contribution in [-0.2, 0) is 16.0 Å². The first kappa shape index (κ1) is 14.6. The SMILES string of the molecule is Cc1nc(CCNC(=O)CC(C)CC(=O)O)cs1. The van der Waals surface area contributed by atoms with Crippen LogP contribution in [0, 0.1) is 12.8 Å². The van der Waals surface area contributed by atoms with Crippen molar-refractivity contribution >= 4 is 23.2 Å². The fraction of sp³-hybridized carbons (Fsp3) is 0.583. The summed E-state index contributed by atoms with van der Waals surface area (Å²) in [5.74, 6) is -1.10. The van der Waals surface area contributed by atoms with Gasteiger partial charge >= 0.3 is 5.97 Å². The zero-order valence-electron chi connectivity index (χ0n) is 10.6. The van der Waals surface area contributed by atoms with Gasteiger partial charge in [-0.15, -0.1) is 11.3 Å². The summed E-state index contributed by atoms with van der Waals surface area (Å²) in [5, 5.41) is 14.4. The average molecular weight is 270 g/mol. The van der Waals surface area contributed by atoms with Crippen LogP contribution in [0.15, 0.2) is 5.38 Å². The van der Waals surface area contributed by atoms with Crippen molar-refractivity contribution < 1.29 is 14.7 Å². The van der Waals surface area contributed by atoms with E-state index in [0.29, 0.717) is 13.0 Å². The van der Waals surface area contributed by atoms with E-state index in [1.165, 1.54) is 0 Å². The molecular formula is C12H18N2O3S. The topological polar surface area (TPSA) is 79.3 Å². The van der Waals surface area contributed by atoms with Gasteiger partial charge in [0.1, 0.15) is 0 Å². The fourth-order valence-corrected chi connectivity index (χ4v) is 2.26. The average Bonchev–Trinajstić information content (AvgIpc) is 2.62. The minimum Gasteiger partial charge on any atom is -0.481 e. The summed E-state index contributed by atoms with van der Waals surface area (Å²) in [4.78, 5) is 26.3. The highest BCUT2D eigenvalue weighted by molar-refractivity contribution is 7.09. The Kier molecular flexibility index (Phi) is 5.77. The van der Waals surface area contributed by atoms with E-state index in [4.69, 9.17) is 5.11 Å². The van der Waals surface area contributed by atoms with Gasteiger partial charge < -0.3 is 10.4 Å². The molecule has 18 heavy (non-hydrogen) atoms. The lowest BCUT2D eigenvalue weighted by Crippen LogP contribution is -2.27. The number of thiazole rings is 1. The molecule has 0 aliphatic heterocycles. The summed E-state index contributed by atoms with van der Waals surface area (Å²) >= 11 is 1.59. The molecule has 2 N–H and O–H groups in total. The quantitative estimate of drug-likeness (QED) is 0.789. The number of nitrogens with one attached hydrogen (secondary N) is 1. The van der Waals surface area contributed by atoms with E-state index in [9.17, 15) is 9.59 Å². The third-order valence-corrected chi connectivity index (χ3v) is 3.25. The van der Waals surface area contributed by atoms with Gasteiger partial charge in [0.05, 0.1) is 10.7 Å². The molecular weight excluding hydrogens is 252 g/mol. The van der Waals surface area contributed by atoms with Crippen molar-refractivity contribution in [2.45, 2.75) is 33.1 Å². The molecule has 0 aliphatic carbocycles. The van der Waals surface area contributed by atoms with Crippen LogP contribution in [-0.4, -0.2) is 28.5 Å². The van der Waals surface area contributed by atoms with E-state index in [1.807, 2.05) is 12.3 Å². The van der Waals surface area contributed by atoms with E-state index >= 15 is 0 Å².